The van der Waals surface area contributed by atoms with Gasteiger partial charge in [0.05, 0.1) is 19.4 Å². The maximum absolute atomic E-state index is 12.4. The SMILES string of the molecule is C#CCc1ccccc1CP(=O)(OCC)OCC. The minimum Gasteiger partial charge on any atom is -0.309 e. The first-order valence-corrected chi connectivity index (χ1v) is 7.76. The van der Waals surface area contributed by atoms with Gasteiger partial charge in [0, 0.05) is 6.42 Å². The molecule has 0 radical (unpaired) electrons. The summed E-state index contributed by atoms with van der Waals surface area (Å²) < 4.78 is 23.0. The third kappa shape index (κ3) is 4.31. The number of terminal acetylenes is 1. The molecule has 0 aromatic heterocycles. The lowest BCUT2D eigenvalue weighted by atomic mass is 10.1. The Labute approximate surface area is 109 Å². The number of benzene rings is 1. The van der Waals surface area contributed by atoms with E-state index in [9.17, 15) is 4.57 Å². The molecule has 0 aliphatic rings. The van der Waals surface area contributed by atoms with Crippen LogP contribution in [-0.4, -0.2) is 13.2 Å². The van der Waals surface area contributed by atoms with Crippen LogP contribution in [-0.2, 0) is 26.2 Å². The van der Waals surface area contributed by atoms with E-state index in [1.54, 1.807) is 13.8 Å². The predicted octanol–water partition coefficient (Wildman–Crippen LogP) is 3.63. The first-order chi connectivity index (χ1) is 8.65. The molecule has 1 aromatic rings. The van der Waals surface area contributed by atoms with Gasteiger partial charge in [0.25, 0.3) is 0 Å². The van der Waals surface area contributed by atoms with Gasteiger partial charge in [0.15, 0.2) is 0 Å². The smallest absolute Gasteiger partial charge is 0.309 e. The van der Waals surface area contributed by atoms with E-state index in [0.717, 1.165) is 11.1 Å². The van der Waals surface area contributed by atoms with E-state index in [1.165, 1.54) is 0 Å². The van der Waals surface area contributed by atoms with Crippen LogP contribution >= 0.6 is 7.60 Å². The monoisotopic (exact) mass is 266 g/mol. The van der Waals surface area contributed by atoms with Gasteiger partial charge >= 0.3 is 7.60 Å². The maximum Gasteiger partial charge on any atom is 0.335 e. The molecule has 1 aromatic carbocycles. The van der Waals surface area contributed by atoms with Gasteiger partial charge in [-0.3, -0.25) is 4.57 Å². The van der Waals surface area contributed by atoms with E-state index >= 15 is 0 Å². The lowest BCUT2D eigenvalue weighted by Gasteiger charge is -2.18. The van der Waals surface area contributed by atoms with Crippen LogP contribution in [0, 0.1) is 12.3 Å². The van der Waals surface area contributed by atoms with Crippen molar-refractivity contribution >= 4 is 7.60 Å². The molecule has 0 saturated carbocycles. The highest BCUT2D eigenvalue weighted by molar-refractivity contribution is 7.53. The molecule has 0 atom stereocenters. The van der Waals surface area contributed by atoms with Gasteiger partial charge in [-0.1, -0.05) is 24.3 Å². The Morgan fingerprint density at radius 2 is 1.72 bits per heavy atom. The molecule has 0 unspecified atom stereocenters. The molecule has 0 saturated heterocycles. The first kappa shape index (κ1) is 15.0. The van der Waals surface area contributed by atoms with Gasteiger partial charge in [-0.25, -0.2) is 0 Å². The average molecular weight is 266 g/mol. The summed E-state index contributed by atoms with van der Waals surface area (Å²) in [7, 11) is -3.06. The molecular weight excluding hydrogens is 247 g/mol. The van der Waals surface area contributed by atoms with E-state index in [0.29, 0.717) is 19.6 Å². The second kappa shape index (κ2) is 7.38. The molecule has 0 aliphatic carbocycles. The van der Waals surface area contributed by atoms with Crippen molar-refractivity contribution < 1.29 is 13.6 Å². The molecule has 98 valence electrons. The Balaban J connectivity index is 2.94. The van der Waals surface area contributed by atoms with E-state index in [-0.39, 0.29) is 6.16 Å². The van der Waals surface area contributed by atoms with Crippen molar-refractivity contribution in [3.05, 3.63) is 35.4 Å². The Morgan fingerprint density at radius 1 is 1.17 bits per heavy atom. The Bertz CT molecular complexity index is 452. The molecule has 1 rings (SSSR count). The Hall–Kier alpha value is -1.07. The molecule has 0 bridgehead atoms. The normalized spacial score (nSPS) is 11.2. The zero-order valence-corrected chi connectivity index (χ0v) is 11.8. The van der Waals surface area contributed by atoms with Crippen molar-refractivity contribution in [3.63, 3.8) is 0 Å². The number of hydrogen-bond donors (Lipinski definition) is 0. The Morgan fingerprint density at radius 3 is 2.22 bits per heavy atom. The van der Waals surface area contributed by atoms with Crippen molar-refractivity contribution in [2.24, 2.45) is 0 Å². The van der Waals surface area contributed by atoms with Crippen LogP contribution in [0.1, 0.15) is 25.0 Å². The average Bonchev–Trinajstić information content (AvgIpc) is 2.32. The van der Waals surface area contributed by atoms with Crippen LogP contribution < -0.4 is 0 Å². The first-order valence-electron chi connectivity index (χ1n) is 6.03. The topological polar surface area (TPSA) is 35.5 Å². The molecule has 4 heteroatoms. The summed E-state index contributed by atoms with van der Waals surface area (Å²) in [5, 5.41) is 0. The lowest BCUT2D eigenvalue weighted by Crippen LogP contribution is -2.01. The van der Waals surface area contributed by atoms with Crippen molar-refractivity contribution in [3.8, 4) is 12.3 Å². The van der Waals surface area contributed by atoms with Gasteiger partial charge < -0.3 is 9.05 Å². The second-order valence-corrected chi connectivity index (χ2v) is 5.81. The number of rotatable bonds is 7. The van der Waals surface area contributed by atoms with E-state index < -0.39 is 7.60 Å². The highest BCUT2D eigenvalue weighted by Gasteiger charge is 2.24. The summed E-state index contributed by atoms with van der Waals surface area (Å²) in [5.74, 6) is 2.60. The molecular formula is C14H19O3P. The van der Waals surface area contributed by atoms with Gasteiger partial charge in [0.2, 0.25) is 0 Å². The molecule has 0 fully saturated rings. The van der Waals surface area contributed by atoms with Crippen molar-refractivity contribution in [2.45, 2.75) is 26.4 Å². The van der Waals surface area contributed by atoms with Crippen molar-refractivity contribution in [1.82, 2.24) is 0 Å². The fraction of sp³-hybridized carbons (Fsp3) is 0.429. The van der Waals surface area contributed by atoms with Gasteiger partial charge in [0.1, 0.15) is 0 Å². The summed E-state index contributed by atoms with van der Waals surface area (Å²) in [6.07, 6.45) is 6.12. The fourth-order valence-corrected chi connectivity index (χ4v) is 3.49. The third-order valence-corrected chi connectivity index (χ3v) is 4.46. The Kier molecular flexibility index (Phi) is 6.15. The molecule has 0 amide bonds. The fourth-order valence-electron chi connectivity index (χ4n) is 1.72. The molecule has 0 aliphatic heterocycles. The highest BCUT2D eigenvalue weighted by Crippen LogP contribution is 2.51. The van der Waals surface area contributed by atoms with Crippen LogP contribution in [0.25, 0.3) is 0 Å². The van der Waals surface area contributed by atoms with Crippen LogP contribution in [0.4, 0.5) is 0 Å². The van der Waals surface area contributed by atoms with Crippen molar-refractivity contribution in [1.29, 1.82) is 0 Å². The largest absolute Gasteiger partial charge is 0.335 e. The minimum absolute atomic E-state index is 0.270. The highest BCUT2D eigenvalue weighted by atomic mass is 31.2. The van der Waals surface area contributed by atoms with Crippen LogP contribution in [0.2, 0.25) is 0 Å². The molecule has 0 spiro atoms. The van der Waals surface area contributed by atoms with Gasteiger partial charge in [-0.2, -0.15) is 0 Å². The molecule has 0 N–H and O–H groups in total. The summed E-state index contributed by atoms with van der Waals surface area (Å²) >= 11 is 0. The quantitative estimate of drug-likeness (QED) is 0.558. The summed E-state index contributed by atoms with van der Waals surface area (Å²) in [6.45, 7) is 4.35. The molecule has 18 heavy (non-hydrogen) atoms. The van der Waals surface area contributed by atoms with E-state index in [4.69, 9.17) is 15.5 Å². The zero-order valence-electron chi connectivity index (χ0n) is 10.9. The molecule has 3 nitrogen and oxygen atoms in total. The van der Waals surface area contributed by atoms with Crippen molar-refractivity contribution in [2.75, 3.05) is 13.2 Å². The summed E-state index contributed by atoms with van der Waals surface area (Å²) in [6, 6.07) is 7.68. The van der Waals surface area contributed by atoms with E-state index in [2.05, 4.69) is 5.92 Å². The zero-order chi connectivity index (χ0) is 13.4. The minimum atomic E-state index is -3.06. The number of hydrogen-bond acceptors (Lipinski definition) is 3. The standard InChI is InChI=1S/C14H19O3P/c1-4-9-13-10-7-8-11-14(13)12-18(15,16-5-2)17-6-3/h1,7-8,10-11H,5-6,9,12H2,2-3H3. The maximum atomic E-state index is 12.4. The predicted molar refractivity (Wildman–Crippen MR) is 73.5 cm³/mol. The van der Waals surface area contributed by atoms with Crippen LogP contribution in [0.3, 0.4) is 0 Å². The van der Waals surface area contributed by atoms with Crippen LogP contribution in [0.5, 0.6) is 0 Å². The molecule has 0 heterocycles. The van der Waals surface area contributed by atoms with Crippen LogP contribution in [0.15, 0.2) is 24.3 Å². The van der Waals surface area contributed by atoms with E-state index in [1.807, 2.05) is 24.3 Å². The van der Waals surface area contributed by atoms with Gasteiger partial charge in [-0.15, -0.1) is 12.3 Å². The van der Waals surface area contributed by atoms with Gasteiger partial charge in [-0.05, 0) is 25.0 Å². The summed E-state index contributed by atoms with van der Waals surface area (Å²) in [4.78, 5) is 0. The second-order valence-electron chi connectivity index (χ2n) is 3.75. The third-order valence-electron chi connectivity index (χ3n) is 2.43. The summed E-state index contributed by atoms with van der Waals surface area (Å²) in [5.41, 5.74) is 1.93. The lowest BCUT2D eigenvalue weighted by molar-refractivity contribution is 0.219.